The molecular formula is C16H24N2O3S. The highest BCUT2D eigenvalue weighted by Crippen LogP contribution is 2.23. The Bertz CT molecular complexity index is 513. The second-order valence-corrected chi connectivity index (χ2v) is 6.78. The lowest BCUT2D eigenvalue weighted by atomic mass is 9.99. The monoisotopic (exact) mass is 324 g/mol. The van der Waals surface area contributed by atoms with Gasteiger partial charge < -0.3 is 15.3 Å². The van der Waals surface area contributed by atoms with Gasteiger partial charge in [-0.2, -0.15) is 11.3 Å². The zero-order valence-corrected chi connectivity index (χ0v) is 14.0. The molecule has 0 saturated carbocycles. The quantitative estimate of drug-likeness (QED) is 0.839. The number of nitrogens with one attached hydrogen (secondary N) is 1. The van der Waals surface area contributed by atoms with Crippen molar-refractivity contribution in [3.05, 3.63) is 22.4 Å². The Morgan fingerprint density at radius 2 is 2.32 bits per heavy atom. The normalized spacial score (nSPS) is 20.7. The summed E-state index contributed by atoms with van der Waals surface area (Å²) in [6, 6.07) is 1.46. The predicted octanol–water partition coefficient (Wildman–Crippen LogP) is 1.86. The summed E-state index contributed by atoms with van der Waals surface area (Å²) in [5.74, 6) is -0.123. The summed E-state index contributed by atoms with van der Waals surface area (Å²) >= 11 is 1.51. The second-order valence-electron chi connectivity index (χ2n) is 6.00. The van der Waals surface area contributed by atoms with Crippen LogP contribution in [0.1, 0.15) is 45.1 Å². The third-order valence-electron chi connectivity index (χ3n) is 4.09. The van der Waals surface area contributed by atoms with Gasteiger partial charge in [0.15, 0.2) is 0 Å². The molecule has 2 N–H and O–H groups in total. The van der Waals surface area contributed by atoms with Crippen LogP contribution in [0.3, 0.4) is 0 Å². The van der Waals surface area contributed by atoms with Gasteiger partial charge in [0.2, 0.25) is 11.8 Å². The third kappa shape index (κ3) is 3.87. The first-order chi connectivity index (χ1) is 10.5. The number of carbonyl (C=O) groups excluding carboxylic acids is 2. The maximum atomic E-state index is 12.4. The minimum atomic E-state index is -1.09. The second kappa shape index (κ2) is 7.24. The number of amides is 2. The van der Waals surface area contributed by atoms with E-state index in [4.69, 9.17) is 0 Å². The first kappa shape index (κ1) is 17.0. The van der Waals surface area contributed by atoms with E-state index in [1.807, 2.05) is 23.8 Å². The number of nitrogens with zero attached hydrogens (tertiary/aromatic N) is 1. The summed E-state index contributed by atoms with van der Waals surface area (Å²) in [4.78, 5) is 26.1. The molecule has 1 aromatic heterocycles. The molecule has 0 bridgehead atoms. The topological polar surface area (TPSA) is 69.6 Å². The molecule has 0 aliphatic carbocycles. The number of hydrogen-bond acceptors (Lipinski definition) is 4. The van der Waals surface area contributed by atoms with Gasteiger partial charge in [-0.15, -0.1) is 0 Å². The Morgan fingerprint density at radius 3 is 2.95 bits per heavy atom. The minimum absolute atomic E-state index is 0.0461. The van der Waals surface area contributed by atoms with Crippen LogP contribution in [0.2, 0.25) is 0 Å². The van der Waals surface area contributed by atoms with E-state index in [2.05, 4.69) is 5.32 Å². The first-order valence-corrected chi connectivity index (χ1v) is 8.72. The molecular weight excluding hydrogens is 300 g/mol. The molecule has 2 heterocycles. The van der Waals surface area contributed by atoms with Gasteiger partial charge in [-0.1, -0.05) is 6.92 Å². The molecule has 2 amide bonds. The zero-order chi connectivity index (χ0) is 16.2. The van der Waals surface area contributed by atoms with Gasteiger partial charge in [-0.25, -0.2) is 0 Å². The number of hydrogen-bond donors (Lipinski definition) is 2. The van der Waals surface area contributed by atoms with Crippen molar-refractivity contribution in [3.63, 3.8) is 0 Å². The Hall–Kier alpha value is -1.40. The molecule has 6 heteroatoms. The SMILES string of the molecule is CCCC(=O)N1CCC[C@H]1C(=O)NC[C@](C)(O)c1ccsc1. The van der Waals surface area contributed by atoms with Gasteiger partial charge in [0.1, 0.15) is 11.6 Å². The molecule has 1 fully saturated rings. The molecule has 0 spiro atoms. The largest absolute Gasteiger partial charge is 0.384 e. The van der Waals surface area contributed by atoms with Crippen molar-refractivity contribution in [1.82, 2.24) is 10.2 Å². The van der Waals surface area contributed by atoms with Gasteiger partial charge >= 0.3 is 0 Å². The van der Waals surface area contributed by atoms with Crippen molar-refractivity contribution in [3.8, 4) is 0 Å². The van der Waals surface area contributed by atoms with Crippen LogP contribution in [0.4, 0.5) is 0 Å². The van der Waals surface area contributed by atoms with E-state index < -0.39 is 11.6 Å². The Kier molecular flexibility index (Phi) is 5.58. The van der Waals surface area contributed by atoms with E-state index in [-0.39, 0.29) is 18.4 Å². The number of likely N-dealkylation sites (tertiary alicyclic amines) is 1. The molecule has 0 aromatic carbocycles. The van der Waals surface area contributed by atoms with E-state index >= 15 is 0 Å². The molecule has 0 radical (unpaired) electrons. The van der Waals surface area contributed by atoms with Crippen LogP contribution in [-0.2, 0) is 15.2 Å². The summed E-state index contributed by atoms with van der Waals surface area (Å²) in [6.45, 7) is 4.44. The number of carbonyl (C=O) groups is 2. The summed E-state index contributed by atoms with van der Waals surface area (Å²) < 4.78 is 0. The van der Waals surface area contributed by atoms with Crippen molar-refractivity contribution in [1.29, 1.82) is 0 Å². The highest BCUT2D eigenvalue weighted by molar-refractivity contribution is 7.08. The minimum Gasteiger partial charge on any atom is -0.384 e. The molecule has 1 saturated heterocycles. The smallest absolute Gasteiger partial charge is 0.242 e. The van der Waals surface area contributed by atoms with E-state index in [0.29, 0.717) is 19.4 Å². The first-order valence-electron chi connectivity index (χ1n) is 7.78. The van der Waals surface area contributed by atoms with Crippen LogP contribution in [0.25, 0.3) is 0 Å². The summed E-state index contributed by atoms with van der Waals surface area (Å²) in [5.41, 5.74) is -0.296. The van der Waals surface area contributed by atoms with Crippen molar-refractivity contribution >= 4 is 23.2 Å². The highest BCUT2D eigenvalue weighted by Gasteiger charge is 2.34. The zero-order valence-electron chi connectivity index (χ0n) is 13.2. The molecule has 122 valence electrons. The lowest BCUT2D eigenvalue weighted by molar-refractivity contribution is -0.138. The molecule has 0 unspecified atom stereocenters. The molecule has 5 nitrogen and oxygen atoms in total. The Morgan fingerprint density at radius 1 is 1.55 bits per heavy atom. The summed E-state index contributed by atoms with van der Waals surface area (Å²) in [6.07, 6.45) is 2.82. The predicted molar refractivity (Wildman–Crippen MR) is 86.5 cm³/mol. The van der Waals surface area contributed by atoms with Gasteiger partial charge in [-0.3, -0.25) is 9.59 Å². The average molecular weight is 324 g/mol. The number of thiophene rings is 1. The van der Waals surface area contributed by atoms with Crippen LogP contribution in [0.5, 0.6) is 0 Å². The van der Waals surface area contributed by atoms with Crippen LogP contribution in [-0.4, -0.2) is 41.0 Å². The molecule has 1 aromatic rings. The molecule has 22 heavy (non-hydrogen) atoms. The number of rotatable bonds is 6. The molecule has 1 aliphatic rings. The number of aliphatic hydroxyl groups is 1. The van der Waals surface area contributed by atoms with Crippen molar-refractivity contribution in [2.75, 3.05) is 13.1 Å². The fourth-order valence-corrected chi connectivity index (χ4v) is 3.53. The third-order valence-corrected chi connectivity index (χ3v) is 4.77. The van der Waals surface area contributed by atoms with E-state index in [9.17, 15) is 14.7 Å². The van der Waals surface area contributed by atoms with E-state index in [1.54, 1.807) is 11.8 Å². The maximum Gasteiger partial charge on any atom is 0.242 e. The standard InChI is InChI=1S/C16H24N2O3S/c1-3-5-14(19)18-8-4-6-13(18)15(20)17-11-16(2,21)12-7-9-22-10-12/h7,9-10,13,21H,3-6,8,11H2,1-2H3,(H,17,20)/t13-,16-/m0/s1. The lowest BCUT2D eigenvalue weighted by Crippen LogP contribution is -2.48. The summed E-state index contributed by atoms with van der Waals surface area (Å²) in [5, 5.41) is 17.0. The fourth-order valence-electron chi connectivity index (χ4n) is 2.75. The fraction of sp³-hybridized carbons (Fsp3) is 0.625. The van der Waals surface area contributed by atoms with Crippen molar-refractivity contribution in [2.45, 2.75) is 51.2 Å². The van der Waals surface area contributed by atoms with Crippen LogP contribution in [0, 0.1) is 0 Å². The van der Waals surface area contributed by atoms with Crippen LogP contribution in [0.15, 0.2) is 16.8 Å². The van der Waals surface area contributed by atoms with Gasteiger partial charge in [0.05, 0.1) is 6.54 Å². The van der Waals surface area contributed by atoms with Gasteiger partial charge in [0, 0.05) is 13.0 Å². The summed E-state index contributed by atoms with van der Waals surface area (Å²) in [7, 11) is 0. The Labute approximate surface area is 135 Å². The van der Waals surface area contributed by atoms with Crippen molar-refractivity contribution in [2.24, 2.45) is 0 Å². The average Bonchev–Trinajstić information content (AvgIpc) is 3.15. The van der Waals surface area contributed by atoms with Gasteiger partial charge in [-0.05, 0) is 48.6 Å². The lowest BCUT2D eigenvalue weighted by Gasteiger charge is -2.27. The Balaban J connectivity index is 1.93. The molecule has 1 aliphatic heterocycles. The molecule has 2 atom stereocenters. The van der Waals surface area contributed by atoms with E-state index in [1.165, 1.54) is 11.3 Å². The van der Waals surface area contributed by atoms with E-state index in [0.717, 1.165) is 18.4 Å². The van der Waals surface area contributed by atoms with Gasteiger partial charge in [0.25, 0.3) is 0 Å². The van der Waals surface area contributed by atoms with Crippen LogP contribution >= 0.6 is 11.3 Å². The maximum absolute atomic E-state index is 12.4. The highest BCUT2D eigenvalue weighted by atomic mass is 32.1. The molecule has 2 rings (SSSR count). The van der Waals surface area contributed by atoms with Crippen LogP contribution < -0.4 is 5.32 Å². The van der Waals surface area contributed by atoms with Crippen molar-refractivity contribution < 1.29 is 14.7 Å².